The third-order valence-corrected chi connectivity index (χ3v) is 2.95. The number of carbonyl (C=O) groups excluding carboxylic acids is 1. The fourth-order valence-corrected chi connectivity index (χ4v) is 2.08. The zero-order valence-electron chi connectivity index (χ0n) is 11.3. The molecular formula is C15H22BNO. The van der Waals surface area contributed by atoms with Crippen molar-refractivity contribution >= 4 is 13.6 Å². The molecule has 0 saturated carbocycles. The lowest BCUT2D eigenvalue weighted by Crippen LogP contribution is -2.33. The normalized spacial score (nSPS) is 14.4. The Labute approximate surface area is 111 Å². The van der Waals surface area contributed by atoms with Gasteiger partial charge in [-0.3, -0.25) is 4.79 Å². The minimum Gasteiger partial charge on any atom is -0.321 e. The topological polar surface area (TPSA) is 43.1 Å². The van der Waals surface area contributed by atoms with Crippen LogP contribution in [0.3, 0.4) is 0 Å². The van der Waals surface area contributed by atoms with Gasteiger partial charge in [-0.15, -0.1) is 0 Å². The molecule has 3 heteroatoms. The first kappa shape index (κ1) is 15.0. The van der Waals surface area contributed by atoms with E-state index in [0.717, 1.165) is 12.0 Å². The first-order valence-corrected chi connectivity index (χ1v) is 6.56. The second-order valence-corrected chi connectivity index (χ2v) is 5.36. The maximum Gasteiger partial charge on any atom is 0.149 e. The van der Waals surface area contributed by atoms with Gasteiger partial charge in [0.1, 0.15) is 5.78 Å². The Bertz CT molecular complexity index is 364. The summed E-state index contributed by atoms with van der Waals surface area (Å²) in [6, 6.07) is 9.40. The average molecular weight is 243 g/mol. The number of benzene rings is 1. The van der Waals surface area contributed by atoms with Crippen LogP contribution in [0.4, 0.5) is 0 Å². The molecule has 2 radical (unpaired) electrons. The fourth-order valence-electron chi connectivity index (χ4n) is 2.08. The standard InChI is InChI=1S/C15H22BNO/c1-11(2)8-13(16)10-15(18)14(17)9-12-6-4-3-5-7-12/h3-7,11,13-14H,8-10,17H2,1-2H3/t13-,14-/m0/s1. The molecule has 2 nitrogen and oxygen atoms in total. The minimum atomic E-state index is -0.439. The highest BCUT2D eigenvalue weighted by atomic mass is 16.1. The van der Waals surface area contributed by atoms with Gasteiger partial charge in [0.05, 0.1) is 13.9 Å². The van der Waals surface area contributed by atoms with E-state index in [-0.39, 0.29) is 11.6 Å². The van der Waals surface area contributed by atoms with Gasteiger partial charge < -0.3 is 5.73 Å². The summed E-state index contributed by atoms with van der Waals surface area (Å²) < 4.78 is 0. The van der Waals surface area contributed by atoms with Crippen molar-refractivity contribution < 1.29 is 4.79 Å². The van der Waals surface area contributed by atoms with Crippen molar-refractivity contribution in [3.05, 3.63) is 35.9 Å². The molecule has 0 bridgehead atoms. The Morgan fingerprint density at radius 1 is 1.28 bits per heavy atom. The third-order valence-electron chi connectivity index (χ3n) is 2.95. The van der Waals surface area contributed by atoms with Crippen molar-refractivity contribution in [2.45, 2.75) is 45.0 Å². The first-order chi connectivity index (χ1) is 8.49. The maximum absolute atomic E-state index is 11.9. The van der Waals surface area contributed by atoms with Gasteiger partial charge in [0.2, 0.25) is 0 Å². The molecule has 0 aliphatic heterocycles. The van der Waals surface area contributed by atoms with Crippen molar-refractivity contribution in [3.8, 4) is 0 Å². The van der Waals surface area contributed by atoms with E-state index in [2.05, 4.69) is 13.8 Å². The molecule has 2 atom stereocenters. The number of ketones is 1. The molecule has 0 unspecified atom stereocenters. The van der Waals surface area contributed by atoms with Crippen molar-refractivity contribution in [2.75, 3.05) is 0 Å². The highest BCUT2D eigenvalue weighted by Crippen LogP contribution is 2.18. The summed E-state index contributed by atoms with van der Waals surface area (Å²) in [5.41, 5.74) is 7.02. The van der Waals surface area contributed by atoms with E-state index < -0.39 is 6.04 Å². The molecule has 0 saturated heterocycles. The van der Waals surface area contributed by atoms with Crippen LogP contribution in [-0.4, -0.2) is 19.7 Å². The molecular weight excluding hydrogens is 221 g/mol. The van der Waals surface area contributed by atoms with Crippen molar-refractivity contribution in [1.82, 2.24) is 0 Å². The van der Waals surface area contributed by atoms with E-state index in [9.17, 15) is 4.79 Å². The summed E-state index contributed by atoms with van der Waals surface area (Å²) in [6.45, 7) is 4.21. The van der Waals surface area contributed by atoms with Crippen LogP contribution in [0.15, 0.2) is 30.3 Å². The van der Waals surface area contributed by atoms with Crippen LogP contribution in [0.2, 0.25) is 5.82 Å². The van der Waals surface area contributed by atoms with Gasteiger partial charge in [0.25, 0.3) is 0 Å². The van der Waals surface area contributed by atoms with Crippen LogP contribution in [0.5, 0.6) is 0 Å². The highest BCUT2D eigenvalue weighted by molar-refractivity contribution is 6.13. The Balaban J connectivity index is 2.42. The number of carbonyl (C=O) groups is 1. The van der Waals surface area contributed by atoms with E-state index in [1.165, 1.54) is 0 Å². The van der Waals surface area contributed by atoms with Crippen LogP contribution in [0.1, 0.15) is 32.3 Å². The number of hydrogen-bond donors (Lipinski definition) is 1. The summed E-state index contributed by atoms with van der Waals surface area (Å²) in [4.78, 5) is 11.9. The minimum absolute atomic E-state index is 0.0620. The van der Waals surface area contributed by atoms with Crippen LogP contribution >= 0.6 is 0 Å². The summed E-state index contributed by atoms with van der Waals surface area (Å²) in [6.07, 6.45) is 1.84. The maximum atomic E-state index is 11.9. The second kappa shape index (κ2) is 7.37. The second-order valence-electron chi connectivity index (χ2n) is 5.36. The number of hydrogen-bond acceptors (Lipinski definition) is 2. The monoisotopic (exact) mass is 243 g/mol. The molecule has 1 rings (SSSR count). The fraction of sp³-hybridized carbons (Fsp3) is 0.533. The van der Waals surface area contributed by atoms with Gasteiger partial charge in [-0.25, -0.2) is 0 Å². The zero-order chi connectivity index (χ0) is 13.5. The molecule has 18 heavy (non-hydrogen) atoms. The predicted molar refractivity (Wildman–Crippen MR) is 76.7 cm³/mol. The van der Waals surface area contributed by atoms with Crippen LogP contribution in [0, 0.1) is 5.92 Å². The predicted octanol–water partition coefficient (Wildman–Crippen LogP) is 2.52. The van der Waals surface area contributed by atoms with E-state index in [1.54, 1.807) is 0 Å². The number of nitrogens with two attached hydrogens (primary N) is 1. The lowest BCUT2D eigenvalue weighted by Gasteiger charge is -2.16. The van der Waals surface area contributed by atoms with Crippen LogP contribution < -0.4 is 5.73 Å². The molecule has 0 heterocycles. The van der Waals surface area contributed by atoms with E-state index in [1.807, 2.05) is 30.3 Å². The van der Waals surface area contributed by atoms with Crippen molar-refractivity contribution in [2.24, 2.45) is 11.7 Å². The Hall–Kier alpha value is -1.09. The molecule has 96 valence electrons. The molecule has 1 aromatic rings. The van der Waals surface area contributed by atoms with Gasteiger partial charge in [-0.1, -0.05) is 56.4 Å². The van der Waals surface area contributed by atoms with E-state index in [0.29, 0.717) is 18.8 Å². The quantitative estimate of drug-likeness (QED) is 0.748. The smallest absolute Gasteiger partial charge is 0.149 e. The molecule has 0 aromatic heterocycles. The summed E-state index contributed by atoms with van der Waals surface area (Å²) in [7, 11) is 5.93. The Morgan fingerprint density at radius 2 is 1.89 bits per heavy atom. The number of Topliss-reactive ketones (excluding diaryl/α,β-unsaturated/α-hetero) is 1. The van der Waals surface area contributed by atoms with Gasteiger partial charge in [-0.05, 0) is 17.9 Å². The molecule has 0 aliphatic carbocycles. The Morgan fingerprint density at radius 3 is 2.44 bits per heavy atom. The molecule has 1 aromatic carbocycles. The van der Waals surface area contributed by atoms with Crippen LogP contribution in [0.25, 0.3) is 0 Å². The summed E-state index contributed by atoms with van der Waals surface area (Å²) in [5.74, 6) is 0.504. The third kappa shape index (κ3) is 5.50. The van der Waals surface area contributed by atoms with E-state index in [4.69, 9.17) is 13.6 Å². The largest absolute Gasteiger partial charge is 0.321 e. The van der Waals surface area contributed by atoms with Gasteiger partial charge in [0.15, 0.2) is 0 Å². The molecule has 0 aliphatic rings. The zero-order valence-corrected chi connectivity index (χ0v) is 11.3. The molecule has 0 fully saturated rings. The average Bonchev–Trinajstić information content (AvgIpc) is 2.28. The molecule has 0 amide bonds. The van der Waals surface area contributed by atoms with Crippen molar-refractivity contribution in [1.29, 1.82) is 0 Å². The first-order valence-electron chi connectivity index (χ1n) is 6.56. The molecule has 2 N–H and O–H groups in total. The van der Waals surface area contributed by atoms with E-state index >= 15 is 0 Å². The van der Waals surface area contributed by atoms with Crippen LogP contribution in [-0.2, 0) is 11.2 Å². The Kier molecular flexibility index (Phi) is 6.13. The summed E-state index contributed by atoms with van der Waals surface area (Å²) in [5, 5.41) is 0. The number of rotatable bonds is 7. The lowest BCUT2D eigenvalue weighted by atomic mass is 9.76. The SMILES string of the molecule is [B][C@H](CC(=O)[C@@H](N)Cc1ccccc1)CC(C)C. The summed E-state index contributed by atoms with van der Waals surface area (Å²) >= 11 is 0. The lowest BCUT2D eigenvalue weighted by molar-refractivity contribution is -0.120. The van der Waals surface area contributed by atoms with Gasteiger partial charge in [-0.2, -0.15) is 0 Å². The highest BCUT2D eigenvalue weighted by Gasteiger charge is 2.17. The molecule has 0 spiro atoms. The van der Waals surface area contributed by atoms with Gasteiger partial charge in [0, 0.05) is 6.42 Å². The van der Waals surface area contributed by atoms with Gasteiger partial charge >= 0.3 is 0 Å². The van der Waals surface area contributed by atoms with Crippen molar-refractivity contribution in [3.63, 3.8) is 0 Å².